The molecule has 1 aromatic rings. The molecule has 0 bridgehead atoms. The lowest BCUT2D eigenvalue weighted by molar-refractivity contribution is 0.0634. The Kier molecular flexibility index (Phi) is 2.91. The highest BCUT2D eigenvalue weighted by atomic mass is 16.6. The van der Waals surface area contributed by atoms with Crippen LogP contribution in [0.5, 0.6) is 0 Å². The summed E-state index contributed by atoms with van der Waals surface area (Å²) in [6.45, 7) is 7.11. The molecule has 7 nitrogen and oxygen atoms in total. The Labute approximate surface area is 99.5 Å². The molecule has 94 valence electrons. The van der Waals surface area contributed by atoms with Gasteiger partial charge in [-0.05, 0) is 27.2 Å². The van der Waals surface area contributed by atoms with Gasteiger partial charge in [0, 0.05) is 13.1 Å². The Morgan fingerprint density at radius 1 is 1.53 bits per heavy atom. The van der Waals surface area contributed by atoms with E-state index in [1.807, 2.05) is 0 Å². The van der Waals surface area contributed by atoms with E-state index in [4.69, 9.17) is 4.74 Å². The van der Waals surface area contributed by atoms with E-state index >= 15 is 0 Å². The number of carbonyl (C=O) groups is 1. The molecule has 0 saturated heterocycles. The number of fused-ring (bicyclic) bond motifs is 1. The van der Waals surface area contributed by atoms with Gasteiger partial charge in [-0.25, -0.2) is 9.48 Å². The SMILES string of the molecule is CC(C)(C)OC(=O)Nc1nc2n(n1)CCCN2. The molecule has 0 atom stereocenters. The Hall–Kier alpha value is -1.79. The van der Waals surface area contributed by atoms with E-state index < -0.39 is 11.7 Å². The third-order valence-corrected chi connectivity index (χ3v) is 2.11. The van der Waals surface area contributed by atoms with Crippen LogP contribution in [-0.4, -0.2) is 33.0 Å². The van der Waals surface area contributed by atoms with Gasteiger partial charge in [0.2, 0.25) is 5.95 Å². The second kappa shape index (κ2) is 4.23. The Balaban J connectivity index is 1.99. The minimum Gasteiger partial charge on any atom is -0.444 e. The van der Waals surface area contributed by atoms with E-state index in [1.54, 1.807) is 25.5 Å². The molecule has 1 aliphatic rings. The van der Waals surface area contributed by atoms with Crippen LogP contribution >= 0.6 is 0 Å². The molecule has 0 saturated carbocycles. The molecule has 1 aliphatic heterocycles. The van der Waals surface area contributed by atoms with Crippen molar-refractivity contribution in [1.29, 1.82) is 0 Å². The van der Waals surface area contributed by atoms with Crippen LogP contribution in [0.2, 0.25) is 0 Å². The summed E-state index contributed by atoms with van der Waals surface area (Å²) in [6.07, 6.45) is 0.461. The summed E-state index contributed by atoms with van der Waals surface area (Å²) >= 11 is 0. The van der Waals surface area contributed by atoms with Gasteiger partial charge in [0.05, 0.1) is 0 Å². The molecule has 2 rings (SSSR count). The van der Waals surface area contributed by atoms with Crippen molar-refractivity contribution >= 4 is 18.0 Å². The first kappa shape index (κ1) is 11.7. The van der Waals surface area contributed by atoms with Crippen molar-refractivity contribution in [2.75, 3.05) is 17.2 Å². The number of aromatic nitrogens is 3. The van der Waals surface area contributed by atoms with Crippen LogP contribution in [0.3, 0.4) is 0 Å². The molecule has 2 N–H and O–H groups in total. The normalized spacial score (nSPS) is 14.8. The third kappa shape index (κ3) is 3.08. The molecule has 0 spiro atoms. The zero-order valence-electron chi connectivity index (χ0n) is 10.3. The Morgan fingerprint density at radius 2 is 2.29 bits per heavy atom. The van der Waals surface area contributed by atoms with Gasteiger partial charge in [-0.3, -0.25) is 5.32 Å². The number of rotatable bonds is 1. The van der Waals surface area contributed by atoms with Crippen LogP contribution in [0.25, 0.3) is 0 Å². The number of carbonyl (C=O) groups excluding carboxylic acids is 1. The number of hydrogen-bond donors (Lipinski definition) is 2. The smallest absolute Gasteiger partial charge is 0.414 e. The standard InChI is InChI=1S/C10H17N5O2/c1-10(2,3)17-9(16)13-7-12-8-11-5-4-6-15(8)14-7/h4-6H2,1-3H3,(H2,11,12,13,14,16). The van der Waals surface area contributed by atoms with Gasteiger partial charge in [-0.15, -0.1) is 5.10 Å². The van der Waals surface area contributed by atoms with Crippen molar-refractivity contribution in [2.45, 2.75) is 39.3 Å². The van der Waals surface area contributed by atoms with Crippen LogP contribution in [0.15, 0.2) is 0 Å². The zero-order chi connectivity index (χ0) is 12.5. The van der Waals surface area contributed by atoms with E-state index in [0.717, 1.165) is 19.5 Å². The van der Waals surface area contributed by atoms with E-state index in [0.29, 0.717) is 5.95 Å². The molecule has 1 aromatic heterocycles. The largest absolute Gasteiger partial charge is 0.444 e. The molecule has 0 aliphatic carbocycles. The fourth-order valence-electron chi connectivity index (χ4n) is 1.51. The van der Waals surface area contributed by atoms with Gasteiger partial charge in [-0.1, -0.05) is 0 Å². The summed E-state index contributed by atoms with van der Waals surface area (Å²) in [4.78, 5) is 15.6. The van der Waals surface area contributed by atoms with E-state index in [1.165, 1.54) is 0 Å². The molecule has 0 fully saturated rings. The van der Waals surface area contributed by atoms with E-state index in [9.17, 15) is 4.79 Å². The number of amides is 1. The van der Waals surface area contributed by atoms with Crippen molar-refractivity contribution in [2.24, 2.45) is 0 Å². The molecule has 7 heteroatoms. The number of hydrogen-bond acceptors (Lipinski definition) is 5. The highest BCUT2D eigenvalue weighted by molar-refractivity contribution is 5.82. The van der Waals surface area contributed by atoms with Crippen LogP contribution in [0.4, 0.5) is 16.7 Å². The molecule has 17 heavy (non-hydrogen) atoms. The summed E-state index contributed by atoms with van der Waals surface area (Å²) in [5.74, 6) is 0.950. The maximum absolute atomic E-state index is 11.5. The summed E-state index contributed by atoms with van der Waals surface area (Å²) in [5.41, 5.74) is -0.526. The molecular formula is C10H17N5O2. The van der Waals surface area contributed by atoms with Crippen molar-refractivity contribution in [3.05, 3.63) is 0 Å². The zero-order valence-corrected chi connectivity index (χ0v) is 10.3. The number of nitrogens with zero attached hydrogens (tertiary/aromatic N) is 3. The Morgan fingerprint density at radius 3 is 2.94 bits per heavy atom. The predicted octanol–water partition coefficient (Wildman–Crippen LogP) is 1.44. The maximum atomic E-state index is 11.5. The number of nitrogens with one attached hydrogen (secondary N) is 2. The molecular weight excluding hydrogens is 222 g/mol. The molecule has 1 amide bonds. The summed E-state index contributed by atoms with van der Waals surface area (Å²) in [6, 6.07) is 0. The van der Waals surface area contributed by atoms with Crippen molar-refractivity contribution < 1.29 is 9.53 Å². The first-order valence-electron chi connectivity index (χ1n) is 5.63. The highest BCUT2D eigenvalue weighted by Gasteiger charge is 2.19. The number of ether oxygens (including phenoxy) is 1. The van der Waals surface area contributed by atoms with Gasteiger partial charge in [0.25, 0.3) is 5.95 Å². The van der Waals surface area contributed by atoms with Crippen molar-refractivity contribution in [3.63, 3.8) is 0 Å². The first-order chi connectivity index (χ1) is 7.94. The van der Waals surface area contributed by atoms with Crippen LogP contribution in [0, 0.1) is 0 Å². The van der Waals surface area contributed by atoms with E-state index in [2.05, 4.69) is 20.7 Å². The maximum Gasteiger partial charge on any atom is 0.414 e. The van der Waals surface area contributed by atoms with Gasteiger partial charge in [0.15, 0.2) is 0 Å². The minimum absolute atomic E-state index is 0.267. The van der Waals surface area contributed by atoms with Gasteiger partial charge >= 0.3 is 6.09 Å². The summed E-state index contributed by atoms with van der Waals surface area (Å²) < 4.78 is 6.85. The van der Waals surface area contributed by atoms with Gasteiger partial charge < -0.3 is 10.1 Å². The Bertz CT molecular complexity index is 397. The van der Waals surface area contributed by atoms with Crippen LogP contribution in [0.1, 0.15) is 27.2 Å². The fraction of sp³-hybridized carbons (Fsp3) is 0.700. The molecule has 2 heterocycles. The average Bonchev–Trinajstić information content (AvgIpc) is 2.55. The molecule has 0 unspecified atom stereocenters. The summed E-state index contributed by atoms with van der Waals surface area (Å²) in [7, 11) is 0. The third-order valence-electron chi connectivity index (χ3n) is 2.11. The van der Waals surface area contributed by atoms with Crippen molar-refractivity contribution in [1.82, 2.24) is 14.8 Å². The minimum atomic E-state index is -0.541. The lowest BCUT2D eigenvalue weighted by atomic mass is 10.2. The number of aryl methyl sites for hydroxylation is 1. The van der Waals surface area contributed by atoms with Gasteiger partial charge in [-0.2, -0.15) is 4.98 Å². The fourth-order valence-corrected chi connectivity index (χ4v) is 1.51. The lowest BCUT2D eigenvalue weighted by Crippen LogP contribution is -2.27. The average molecular weight is 239 g/mol. The van der Waals surface area contributed by atoms with E-state index in [-0.39, 0.29) is 5.95 Å². The summed E-state index contributed by atoms with van der Waals surface area (Å²) in [5, 5.41) is 9.77. The van der Waals surface area contributed by atoms with Crippen molar-refractivity contribution in [3.8, 4) is 0 Å². The van der Waals surface area contributed by atoms with Crippen LogP contribution in [-0.2, 0) is 11.3 Å². The quantitative estimate of drug-likeness (QED) is 0.775. The number of anilines is 2. The molecule has 0 aromatic carbocycles. The van der Waals surface area contributed by atoms with Gasteiger partial charge in [0.1, 0.15) is 5.60 Å². The second-order valence-electron chi connectivity index (χ2n) is 4.89. The lowest BCUT2D eigenvalue weighted by Gasteiger charge is -2.18. The first-order valence-corrected chi connectivity index (χ1v) is 5.63. The monoisotopic (exact) mass is 239 g/mol. The van der Waals surface area contributed by atoms with Crippen LogP contribution < -0.4 is 10.6 Å². The highest BCUT2D eigenvalue weighted by Crippen LogP contribution is 2.14. The topological polar surface area (TPSA) is 81.1 Å². The molecule has 0 radical (unpaired) electrons. The predicted molar refractivity (Wildman–Crippen MR) is 63.0 cm³/mol. The second-order valence-corrected chi connectivity index (χ2v) is 4.89.